The van der Waals surface area contributed by atoms with E-state index in [0.717, 1.165) is 32.1 Å². The third kappa shape index (κ3) is 2.25. The fourth-order valence-corrected chi connectivity index (χ4v) is 1.89. The Morgan fingerprint density at radius 1 is 1.50 bits per heavy atom. The van der Waals surface area contributed by atoms with Crippen LogP contribution >= 0.6 is 0 Å². The van der Waals surface area contributed by atoms with E-state index in [1.165, 1.54) is 6.08 Å². The molecule has 78 valence electrons. The first kappa shape index (κ1) is 11.0. The highest BCUT2D eigenvalue weighted by molar-refractivity contribution is 5.90. The van der Waals surface area contributed by atoms with Crippen molar-refractivity contribution >= 4 is 5.97 Å². The van der Waals surface area contributed by atoms with Gasteiger partial charge in [0.25, 0.3) is 0 Å². The molecule has 1 aliphatic carbocycles. The highest BCUT2D eigenvalue weighted by atomic mass is 16.6. The summed E-state index contributed by atoms with van der Waals surface area (Å²) in [5.41, 5.74) is 0.132. The van der Waals surface area contributed by atoms with Gasteiger partial charge in [0, 0.05) is 0 Å². The summed E-state index contributed by atoms with van der Waals surface area (Å²) in [6, 6.07) is 0. The Morgan fingerprint density at radius 2 is 2.07 bits per heavy atom. The largest absolute Gasteiger partial charge is 0.456 e. The molecule has 1 rings (SSSR count). The van der Waals surface area contributed by atoms with Gasteiger partial charge in [0.2, 0.25) is 0 Å². The Morgan fingerprint density at radius 3 is 2.50 bits per heavy atom. The third-order valence-corrected chi connectivity index (χ3v) is 2.98. The summed E-state index contributed by atoms with van der Waals surface area (Å²) in [4.78, 5) is 11.5. The average molecular weight is 194 g/mol. The van der Waals surface area contributed by atoms with E-state index in [0.29, 0.717) is 5.57 Å². The van der Waals surface area contributed by atoms with Gasteiger partial charge in [-0.15, -0.1) is 0 Å². The normalized spacial score (nSPS) is 18.9. The summed E-state index contributed by atoms with van der Waals surface area (Å²) >= 11 is 0. The van der Waals surface area contributed by atoms with Gasteiger partial charge in [-0.2, -0.15) is 0 Å². The molecule has 0 saturated heterocycles. The van der Waals surface area contributed by atoms with Crippen LogP contribution in [-0.2, 0) is 9.53 Å². The van der Waals surface area contributed by atoms with Crippen LogP contribution in [0, 0.1) is 0 Å². The van der Waals surface area contributed by atoms with Crippen LogP contribution in [0.15, 0.2) is 24.8 Å². The Hall–Kier alpha value is -1.05. The molecule has 0 N–H and O–H groups in total. The van der Waals surface area contributed by atoms with Gasteiger partial charge < -0.3 is 4.74 Å². The number of carbonyl (C=O) groups excluding carboxylic acids is 1. The second-order valence-electron chi connectivity index (χ2n) is 3.86. The number of hydrogen-bond acceptors (Lipinski definition) is 2. The summed E-state index contributed by atoms with van der Waals surface area (Å²) in [5, 5.41) is 0. The van der Waals surface area contributed by atoms with Crippen LogP contribution in [0.1, 0.15) is 39.0 Å². The first-order chi connectivity index (χ1) is 6.63. The number of hydrogen-bond donors (Lipinski definition) is 0. The van der Waals surface area contributed by atoms with Crippen LogP contribution in [0.25, 0.3) is 0 Å². The minimum absolute atomic E-state index is 0.219. The predicted octanol–water partition coefficient (Wildman–Crippen LogP) is 2.99. The number of ether oxygens (including phenoxy) is 1. The second kappa shape index (κ2) is 4.45. The van der Waals surface area contributed by atoms with Crippen molar-refractivity contribution in [1.29, 1.82) is 0 Å². The van der Waals surface area contributed by atoms with Crippen LogP contribution in [-0.4, -0.2) is 11.6 Å². The zero-order chi connectivity index (χ0) is 10.6. The van der Waals surface area contributed by atoms with Crippen molar-refractivity contribution in [3.8, 4) is 0 Å². The molecule has 1 fully saturated rings. The molecule has 1 saturated carbocycles. The Balaban J connectivity index is 2.60. The van der Waals surface area contributed by atoms with Gasteiger partial charge in [0.05, 0.1) is 5.57 Å². The van der Waals surface area contributed by atoms with Crippen molar-refractivity contribution in [2.24, 2.45) is 0 Å². The zero-order valence-electron chi connectivity index (χ0n) is 8.84. The molecule has 1 aliphatic rings. The van der Waals surface area contributed by atoms with E-state index >= 15 is 0 Å². The molecule has 0 unspecified atom stereocenters. The average Bonchev–Trinajstić information content (AvgIpc) is 2.65. The molecule has 2 nitrogen and oxygen atoms in total. The van der Waals surface area contributed by atoms with Crippen molar-refractivity contribution in [3.63, 3.8) is 0 Å². The first-order valence-corrected chi connectivity index (χ1v) is 5.18. The van der Waals surface area contributed by atoms with Crippen LogP contribution in [0.4, 0.5) is 0 Å². The standard InChI is InChI=1S/C12H18O2/c1-4-10(3)11(13)14-12(5-2)8-6-7-9-12/h4H,1,3,5-9H2,2H3. The molecule has 0 amide bonds. The van der Waals surface area contributed by atoms with E-state index in [4.69, 9.17) is 4.74 Å². The fraction of sp³-hybridized carbons (Fsp3) is 0.583. The van der Waals surface area contributed by atoms with Crippen molar-refractivity contribution in [1.82, 2.24) is 0 Å². The lowest BCUT2D eigenvalue weighted by atomic mass is 9.99. The first-order valence-electron chi connectivity index (χ1n) is 5.18. The molecule has 0 bridgehead atoms. The zero-order valence-corrected chi connectivity index (χ0v) is 8.84. The molecule has 0 atom stereocenters. The molecule has 0 aromatic rings. The SMILES string of the molecule is C=CC(=C)C(=O)OC1(CC)CCCC1. The summed E-state index contributed by atoms with van der Waals surface area (Å²) in [7, 11) is 0. The van der Waals surface area contributed by atoms with E-state index in [2.05, 4.69) is 20.1 Å². The van der Waals surface area contributed by atoms with E-state index in [-0.39, 0.29) is 11.6 Å². The van der Waals surface area contributed by atoms with E-state index < -0.39 is 0 Å². The predicted molar refractivity (Wildman–Crippen MR) is 56.9 cm³/mol. The van der Waals surface area contributed by atoms with Gasteiger partial charge in [-0.3, -0.25) is 0 Å². The van der Waals surface area contributed by atoms with Crippen molar-refractivity contribution in [2.75, 3.05) is 0 Å². The summed E-state index contributed by atoms with van der Waals surface area (Å²) in [6.45, 7) is 9.16. The molecule has 14 heavy (non-hydrogen) atoms. The maximum atomic E-state index is 11.5. The molecular weight excluding hydrogens is 176 g/mol. The van der Waals surface area contributed by atoms with Gasteiger partial charge in [-0.05, 0) is 32.1 Å². The number of esters is 1. The van der Waals surface area contributed by atoms with Crippen LogP contribution in [0.2, 0.25) is 0 Å². The highest BCUT2D eigenvalue weighted by Gasteiger charge is 2.35. The molecule has 0 aromatic carbocycles. The van der Waals surface area contributed by atoms with E-state index in [1.807, 2.05) is 0 Å². The Kier molecular flexibility index (Phi) is 3.50. The fourth-order valence-electron chi connectivity index (χ4n) is 1.89. The Bertz CT molecular complexity index is 247. The Labute approximate surface area is 85.6 Å². The number of carbonyl (C=O) groups is 1. The molecule has 0 radical (unpaired) electrons. The molecule has 2 heteroatoms. The van der Waals surface area contributed by atoms with Crippen LogP contribution < -0.4 is 0 Å². The van der Waals surface area contributed by atoms with Crippen molar-refractivity contribution < 1.29 is 9.53 Å². The topological polar surface area (TPSA) is 26.3 Å². The molecule has 0 spiro atoms. The summed E-state index contributed by atoms with van der Waals surface area (Å²) in [6.07, 6.45) is 6.62. The summed E-state index contributed by atoms with van der Waals surface area (Å²) in [5.74, 6) is -0.316. The highest BCUT2D eigenvalue weighted by Crippen LogP contribution is 2.36. The van der Waals surface area contributed by atoms with Gasteiger partial charge in [-0.25, -0.2) is 4.79 Å². The smallest absolute Gasteiger partial charge is 0.338 e. The van der Waals surface area contributed by atoms with E-state index in [1.54, 1.807) is 0 Å². The minimum Gasteiger partial charge on any atom is -0.456 e. The lowest BCUT2D eigenvalue weighted by Gasteiger charge is -2.27. The quantitative estimate of drug-likeness (QED) is 0.390. The van der Waals surface area contributed by atoms with Gasteiger partial charge in [0.15, 0.2) is 0 Å². The van der Waals surface area contributed by atoms with Crippen molar-refractivity contribution in [3.05, 3.63) is 24.8 Å². The molecule has 0 aliphatic heterocycles. The number of rotatable bonds is 4. The van der Waals surface area contributed by atoms with Crippen LogP contribution in [0.3, 0.4) is 0 Å². The van der Waals surface area contributed by atoms with Gasteiger partial charge in [0.1, 0.15) is 5.60 Å². The molecule has 0 heterocycles. The molecular formula is C12H18O2. The van der Waals surface area contributed by atoms with E-state index in [9.17, 15) is 4.79 Å². The van der Waals surface area contributed by atoms with Gasteiger partial charge >= 0.3 is 5.97 Å². The second-order valence-corrected chi connectivity index (χ2v) is 3.86. The molecule has 0 aromatic heterocycles. The maximum absolute atomic E-state index is 11.5. The monoisotopic (exact) mass is 194 g/mol. The van der Waals surface area contributed by atoms with Crippen LogP contribution in [0.5, 0.6) is 0 Å². The summed E-state index contributed by atoms with van der Waals surface area (Å²) < 4.78 is 5.49. The maximum Gasteiger partial charge on any atom is 0.338 e. The lowest BCUT2D eigenvalue weighted by molar-refractivity contribution is -0.154. The minimum atomic E-state index is -0.316. The van der Waals surface area contributed by atoms with Crippen molar-refractivity contribution in [2.45, 2.75) is 44.6 Å². The third-order valence-electron chi connectivity index (χ3n) is 2.98. The van der Waals surface area contributed by atoms with Gasteiger partial charge in [-0.1, -0.05) is 26.2 Å². The lowest BCUT2D eigenvalue weighted by Crippen LogP contribution is -2.31.